The van der Waals surface area contributed by atoms with E-state index in [1.54, 1.807) is 12.1 Å². The Bertz CT molecular complexity index is 1910. The average Bonchev–Trinajstić information content (AvgIpc) is 3.03. The highest BCUT2D eigenvalue weighted by Crippen LogP contribution is 2.37. The average molecular weight is 619 g/mol. The number of hydrogen-bond donors (Lipinski definition) is 1. The van der Waals surface area contributed by atoms with E-state index < -0.39 is 23.1 Å². The van der Waals surface area contributed by atoms with Gasteiger partial charge >= 0.3 is 0 Å². The lowest BCUT2D eigenvalue weighted by Crippen LogP contribution is -2.27. The van der Waals surface area contributed by atoms with Crippen molar-refractivity contribution in [1.29, 1.82) is 0 Å². The predicted octanol–water partition coefficient (Wildman–Crippen LogP) is 5.15. The van der Waals surface area contributed by atoms with Gasteiger partial charge in [0.05, 0.1) is 37.3 Å². The number of anilines is 1. The molecule has 11 nitrogen and oxygen atoms in total. The van der Waals surface area contributed by atoms with Crippen molar-refractivity contribution in [3.63, 3.8) is 0 Å². The summed E-state index contributed by atoms with van der Waals surface area (Å²) in [4.78, 5) is 34.4. The number of nitrogens with zero attached hydrogens (tertiary/aromatic N) is 3. The number of benzene rings is 3. The molecule has 0 saturated heterocycles. The SMILES string of the molecule is O=C(Nc1ccc(Oc2ncnc3cc4c(cc23)OCCOCCOCCO4)c(F)c1)c1cccn(-c2ccc(F)cc2)c1=O.[HH]. The first-order valence-corrected chi connectivity index (χ1v) is 13.9. The molecule has 6 rings (SSSR count). The second kappa shape index (κ2) is 13.5. The van der Waals surface area contributed by atoms with Crippen LogP contribution in [0.4, 0.5) is 14.5 Å². The lowest BCUT2D eigenvalue weighted by molar-refractivity contribution is 0.0224. The number of carbonyl (C=O) groups excluding carboxylic acids is 1. The first kappa shape index (κ1) is 29.7. The Morgan fingerprint density at radius 1 is 0.867 bits per heavy atom. The highest BCUT2D eigenvalue weighted by Gasteiger charge is 2.18. The monoisotopic (exact) mass is 618 g/mol. The summed E-state index contributed by atoms with van der Waals surface area (Å²) in [7, 11) is 0. The van der Waals surface area contributed by atoms with Crippen LogP contribution < -0.4 is 25.1 Å². The van der Waals surface area contributed by atoms with Gasteiger partial charge in [0.15, 0.2) is 23.1 Å². The molecule has 3 aromatic carbocycles. The molecule has 0 fully saturated rings. The van der Waals surface area contributed by atoms with Crippen LogP contribution in [0.5, 0.6) is 23.1 Å². The van der Waals surface area contributed by atoms with Crippen LogP contribution in [0.25, 0.3) is 16.6 Å². The Morgan fingerprint density at radius 2 is 1.58 bits per heavy atom. The van der Waals surface area contributed by atoms with Crippen molar-refractivity contribution < 1.29 is 38.7 Å². The van der Waals surface area contributed by atoms with Gasteiger partial charge in [-0.3, -0.25) is 14.2 Å². The number of hydrogen-bond acceptors (Lipinski definition) is 9. The zero-order valence-electron chi connectivity index (χ0n) is 23.7. The molecule has 45 heavy (non-hydrogen) atoms. The van der Waals surface area contributed by atoms with Crippen molar-refractivity contribution in [2.24, 2.45) is 0 Å². The molecule has 0 bridgehead atoms. The van der Waals surface area contributed by atoms with Crippen LogP contribution in [0.3, 0.4) is 0 Å². The van der Waals surface area contributed by atoms with Crippen LogP contribution in [-0.4, -0.2) is 60.1 Å². The topological polar surface area (TPSA) is 123 Å². The van der Waals surface area contributed by atoms with E-state index in [1.807, 2.05) is 0 Å². The smallest absolute Gasteiger partial charge is 0.267 e. The highest BCUT2D eigenvalue weighted by molar-refractivity contribution is 6.04. The highest BCUT2D eigenvalue weighted by atomic mass is 19.1. The normalized spacial score (nSPS) is 13.8. The molecule has 0 spiro atoms. The van der Waals surface area contributed by atoms with Gasteiger partial charge in [-0.2, -0.15) is 0 Å². The molecule has 232 valence electrons. The third kappa shape index (κ3) is 6.89. The molecule has 1 aliphatic rings. The van der Waals surface area contributed by atoms with E-state index in [0.717, 1.165) is 6.07 Å². The van der Waals surface area contributed by atoms with Crippen molar-refractivity contribution in [2.45, 2.75) is 0 Å². The number of ether oxygens (including phenoxy) is 5. The van der Waals surface area contributed by atoms with Crippen molar-refractivity contribution in [2.75, 3.05) is 45.0 Å². The van der Waals surface area contributed by atoms with Crippen LogP contribution >= 0.6 is 0 Å². The molecule has 1 amide bonds. The molecule has 0 radical (unpaired) electrons. The molecule has 1 aliphatic heterocycles. The molecule has 0 aliphatic carbocycles. The largest absolute Gasteiger partial charge is 0.487 e. The second-order valence-electron chi connectivity index (χ2n) is 9.69. The van der Waals surface area contributed by atoms with Gasteiger partial charge in [0.25, 0.3) is 11.5 Å². The molecule has 3 heterocycles. The summed E-state index contributed by atoms with van der Waals surface area (Å²) < 4.78 is 58.3. The molecular formula is C32H28F2N4O7. The van der Waals surface area contributed by atoms with Crippen LogP contribution in [0.15, 0.2) is 84.0 Å². The number of aromatic nitrogens is 3. The number of amides is 1. The minimum absolute atomic E-state index is 0. The maximum absolute atomic E-state index is 15.2. The summed E-state index contributed by atoms with van der Waals surface area (Å²) in [5.41, 5.74) is 0.133. The summed E-state index contributed by atoms with van der Waals surface area (Å²) in [5.74, 6) is -1.24. The maximum atomic E-state index is 15.2. The maximum Gasteiger partial charge on any atom is 0.267 e. The van der Waals surface area contributed by atoms with Crippen molar-refractivity contribution in [3.8, 4) is 28.8 Å². The molecule has 1 N–H and O–H groups in total. The minimum Gasteiger partial charge on any atom is -0.487 e. The molecule has 2 aromatic heterocycles. The van der Waals surface area contributed by atoms with E-state index in [-0.39, 0.29) is 30.9 Å². The molecule has 5 aromatic rings. The van der Waals surface area contributed by atoms with Crippen molar-refractivity contribution in [1.82, 2.24) is 14.5 Å². The van der Waals surface area contributed by atoms with Gasteiger partial charge in [-0.1, -0.05) is 0 Å². The zero-order valence-corrected chi connectivity index (χ0v) is 23.7. The fourth-order valence-corrected chi connectivity index (χ4v) is 4.53. The van der Waals surface area contributed by atoms with Gasteiger partial charge in [-0.25, -0.2) is 18.7 Å². The van der Waals surface area contributed by atoms with Gasteiger partial charge in [0, 0.05) is 31.1 Å². The molecule has 0 unspecified atom stereocenters. The molecule has 0 atom stereocenters. The van der Waals surface area contributed by atoms with E-state index in [0.29, 0.717) is 61.1 Å². The van der Waals surface area contributed by atoms with E-state index in [2.05, 4.69) is 15.3 Å². The van der Waals surface area contributed by atoms with Crippen molar-refractivity contribution in [3.05, 3.63) is 107 Å². The van der Waals surface area contributed by atoms with Crippen molar-refractivity contribution >= 4 is 22.5 Å². The molecular weight excluding hydrogens is 590 g/mol. The zero-order chi connectivity index (χ0) is 31.2. The van der Waals surface area contributed by atoms with Gasteiger partial charge in [-0.05, 0) is 54.6 Å². The third-order valence-corrected chi connectivity index (χ3v) is 6.70. The fourth-order valence-electron chi connectivity index (χ4n) is 4.53. The van der Waals surface area contributed by atoms with Gasteiger partial charge in [-0.15, -0.1) is 0 Å². The Labute approximate surface area is 256 Å². The van der Waals surface area contributed by atoms with E-state index in [1.165, 1.54) is 65.6 Å². The third-order valence-electron chi connectivity index (χ3n) is 6.70. The molecule has 13 heteroatoms. The first-order valence-electron chi connectivity index (χ1n) is 13.9. The Morgan fingerprint density at radius 3 is 2.31 bits per heavy atom. The van der Waals surface area contributed by atoms with E-state index in [9.17, 15) is 14.0 Å². The number of carbonyl (C=O) groups is 1. The van der Waals surface area contributed by atoms with Crippen LogP contribution in [0.2, 0.25) is 0 Å². The lowest BCUT2D eigenvalue weighted by Gasteiger charge is -2.16. The number of rotatable bonds is 5. The summed E-state index contributed by atoms with van der Waals surface area (Å²) in [6, 6.07) is 15.2. The van der Waals surface area contributed by atoms with Gasteiger partial charge in [0.2, 0.25) is 5.88 Å². The number of pyridine rings is 1. The van der Waals surface area contributed by atoms with Gasteiger partial charge in [0.1, 0.15) is 30.9 Å². The first-order chi connectivity index (χ1) is 22.0. The van der Waals surface area contributed by atoms with Crippen LogP contribution in [0, 0.1) is 11.6 Å². The number of halogens is 2. The molecule has 0 saturated carbocycles. The summed E-state index contributed by atoms with van der Waals surface area (Å²) in [5, 5.41) is 2.98. The van der Waals surface area contributed by atoms with Crippen LogP contribution in [-0.2, 0) is 9.47 Å². The quantitative estimate of drug-likeness (QED) is 0.285. The fraction of sp³-hybridized carbons (Fsp3) is 0.188. The summed E-state index contributed by atoms with van der Waals surface area (Å²) in [6.45, 7) is 2.16. The Kier molecular flexibility index (Phi) is 8.89. The second-order valence-corrected chi connectivity index (χ2v) is 9.69. The van der Waals surface area contributed by atoms with Gasteiger partial charge < -0.3 is 29.0 Å². The summed E-state index contributed by atoms with van der Waals surface area (Å²) >= 11 is 0. The van der Waals surface area contributed by atoms with E-state index >= 15 is 4.39 Å². The number of nitrogens with one attached hydrogen (secondary N) is 1. The standard InChI is InChI=1S/C32H26F2N4O7.H2/c33-20-3-6-22(7-4-20)38-9-1-2-23(32(38)40)30(39)37-21-5-8-27(25(34)16-21)45-31-24-17-28-29(18-26(24)35-19-36-31)44-15-13-42-11-10-41-12-14-43-28;/h1-9,16-19H,10-15H2,(H,37,39);1H. The Hall–Kier alpha value is -5.40. The van der Waals surface area contributed by atoms with Crippen LogP contribution in [0.1, 0.15) is 11.8 Å². The predicted molar refractivity (Wildman–Crippen MR) is 161 cm³/mol. The lowest BCUT2D eigenvalue weighted by atomic mass is 10.2. The minimum atomic E-state index is -0.792. The summed E-state index contributed by atoms with van der Waals surface area (Å²) in [6.07, 6.45) is 2.74. The Balaban J connectivity index is 0.00000417. The number of fused-ring (bicyclic) bond motifs is 2. The van der Waals surface area contributed by atoms with E-state index in [4.69, 9.17) is 23.7 Å².